The molecule has 0 saturated heterocycles. The van der Waals surface area contributed by atoms with E-state index in [4.69, 9.17) is 0 Å². The smallest absolute Gasteiger partial charge is 0.0273 e. The third kappa shape index (κ3) is 2.23. The van der Waals surface area contributed by atoms with Crippen molar-refractivity contribution in [3.05, 3.63) is 36.2 Å². The minimum atomic E-state index is 0.780. The molecule has 52 valence electrons. The lowest BCUT2D eigenvalue weighted by atomic mass is 10.2. The predicted molar refractivity (Wildman–Crippen MR) is 47.1 cm³/mol. The van der Waals surface area contributed by atoms with Crippen LogP contribution in [0.1, 0.15) is 5.56 Å². The average Bonchev–Trinajstić information content (AvgIpc) is 2.03. The van der Waals surface area contributed by atoms with Crippen LogP contribution >= 0.6 is 12.6 Å². The number of thiol groups is 1. The number of nitrogens with zero attached hydrogens (tertiary/aromatic N) is 1. The van der Waals surface area contributed by atoms with Crippen LogP contribution in [0.2, 0.25) is 0 Å². The van der Waals surface area contributed by atoms with Gasteiger partial charge in [0.2, 0.25) is 0 Å². The summed E-state index contributed by atoms with van der Waals surface area (Å²) in [6.45, 7) is 0. The summed E-state index contributed by atoms with van der Waals surface area (Å²) in [5.74, 6) is 0.780. The maximum absolute atomic E-state index is 4.05. The van der Waals surface area contributed by atoms with E-state index in [1.54, 1.807) is 12.4 Å². The molecule has 0 spiro atoms. The van der Waals surface area contributed by atoms with Gasteiger partial charge in [0, 0.05) is 18.1 Å². The summed E-state index contributed by atoms with van der Waals surface area (Å²) in [4.78, 5) is 3.90. The zero-order chi connectivity index (χ0) is 7.23. The highest BCUT2D eigenvalue weighted by atomic mass is 32.1. The van der Waals surface area contributed by atoms with Crippen LogP contribution in [-0.2, 0) is 0 Å². The Balaban J connectivity index is 2.67. The predicted octanol–water partition coefficient (Wildman–Crippen LogP) is 2.02. The Morgan fingerprint density at radius 2 is 2.10 bits per heavy atom. The van der Waals surface area contributed by atoms with Gasteiger partial charge in [0.25, 0.3) is 0 Å². The van der Waals surface area contributed by atoms with Crippen molar-refractivity contribution < 1.29 is 0 Å². The summed E-state index contributed by atoms with van der Waals surface area (Å²) in [5, 5.41) is 0. The molecule has 0 unspecified atom stereocenters. The second-order valence-corrected chi connectivity index (χ2v) is 2.23. The quantitative estimate of drug-likeness (QED) is 0.638. The molecule has 1 heterocycles. The van der Waals surface area contributed by atoms with E-state index in [9.17, 15) is 0 Å². The molecule has 0 aromatic carbocycles. The Bertz CT molecular complexity index is 206. The van der Waals surface area contributed by atoms with Crippen LogP contribution in [0.3, 0.4) is 0 Å². The van der Waals surface area contributed by atoms with E-state index in [2.05, 4.69) is 17.6 Å². The summed E-state index contributed by atoms with van der Waals surface area (Å²) in [5.41, 5.74) is 1.17. The molecule has 1 rings (SSSR count). The molecular weight excluding hydrogens is 142 g/mol. The minimum absolute atomic E-state index is 0.780. The molecule has 0 saturated carbocycles. The standard InChI is InChI=1S/C8H9NS/c10-7-1-2-8-3-5-9-6-4-8/h1-6,10H,7H2. The zero-order valence-corrected chi connectivity index (χ0v) is 6.46. The van der Waals surface area contributed by atoms with Crippen LogP contribution in [0.4, 0.5) is 0 Å². The lowest BCUT2D eigenvalue weighted by Crippen LogP contribution is -1.71. The highest BCUT2D eigenvalue weighted by Crippen LogP contribution is 1.98. The topological polar surface area (TPSA) is 12.9 Å². The van der Waals surface area contributed by atoms with Crippen molar-refractivity contribution in [3.63, 3.8) is 0 Å². The summed E-state index contributed by atoms with van der Waals surface area (Å²) in [6.07, 6.45) is 7.57. The lowest BCUT2D eigenvalue weighted by molar-refractivity contribution is 1.32. The first-order valence-corrected chi connectivity index (χ1v) is 3.74. The SMILES string of the molecule is SCC=Cc1ccncc1. The van der Waals surface area contributed by atoms with Gasteiger partial charge in [0.05, 0.1) is 0 Å². The number of hydrogen-bond acceptors (Lipinski definition) is 2. The van der Waals surface area contributed by atoms with Crippen molar-refractivity contribution >= 4 is 18.7 Å². The Kier molecular flexibility index (Phi) is 3.03. The van der Waals surface area contributed by atoms with E-state index < -0.39 is 0 Å². The van der Waals surface area contributed by atoms with Gasteiger partial charge in [-0.2, -0.15) is 12.6 Å². The van der Waals surface area contributed by atoms with Crippen molar-refractivity contribution in [1.82, 2.24) is 4.98 Å². The third-order valence-electron chi connectivity index (χ3n) is 1.12. The molecule has 0 N–H and O–H groups in total. The van der Waals surface area contributed by atoms with E-state index in [1.807, 2.05) is 24.3 Å². The molecular formula is C8H9NS. The summed E-state index contributed by atoms with van der Waals surface area (Å²) < 4.78 is 0. The van der Waals surface area contributed by atoms with Crippen molar-refractivity contribution in [2.45, 2.75) is 0 Å². The van der Waals surface area contributed by atoms with Gasteiger partial charge in [-0.05, 0) is 17.7 Å². The Hall–Kier alpha value is -0.760. The normalized spacial score (nSPS) is 10.5. The molecule has 0 aliphatic rings. The molecule has 10 heavy (non-hydrogen) atoms. The first-order valence-electron chi connectivity index (χ1n) is 3.11. The first-order chi connectivity index (χ1) is 4.93. The largest absolute Gasteiger partial charge is 0.265 e. The van der Waals surface area contributed by atoms with Crippen LogP contribution in [0.5, 0.6) is 0 Å². The summed E-state index contributed by atoms with van der Waals surface area (Å²) >= 11 is 4.05. The van der Waals surface area contributed by atoms with Gasteiger partial charge < -0.3 is 0 Å². The fourth-order valence-corrected chi connectivity index (χ4v) is 0.769. The Morgan fingerprint density at radius 1 is 1.40 bits per heavy atom. The van der Waals surface area contributed by atoms with E-state index >= 15 is 0 Å². The van der Waals surface area contributed by atoms with Crippen LogP contribution in [-0.4, -0.2) is 10.7 Å². The van der Waals surface area contributed by atoms with Crippen LogP contribution in [0, 0.1) is 0 Å². The molecule has 0 aliphatic heterocycles. The van der Waals surface area contributed by atoms with E-state index in [0.717, 1.165) is 5.75 Å². The second kappa shape index (κ2) is 4.12. The highest BCUT2D eigenvalue weighted by molar-refractivity contribution is 7.80. The molecule has 2 heteroatoms. The monoisotopic (exact) mass is 151 g/mol. The summed E-state index contributed by atoms with van der Waals surface area (Å²) in [7, 11) is 0. The van der Waals surface area contributed by atoms with Gasteiger partial charge in [0.1, 0.15) is 0 Å². The summed E-state index contributed by atoms with van der Waals surface area (Å²) in [6, 6.07) is 3.92. The number of hydrogen-bond donors (Lipinski definition) is 1. The van der Waals surface area contributed by atoms with Gasteiger partial charge in [-0.3, -0.25) is 4.98 Å². The fraction of sp³-hybridized carbons (Fsp3) is 0.125. The van der Waals surface area contributed by atoms with Gasteiger partial charge in [-0.25, -0.2) is 0 Å². The zero-order valence-electron chi connectivity index (χ0n) is 5.57. The number of rotatable bonds is 2. The minimum Gasteiger partial charge on any atom is -0.265 e. The van der Waals surface area contributed by atoms with Gasteiger partial charge in [-0.15, -0.1) is 0 Å². The molecule has 0 amide bonds. The second-order valence-electron chi connectivity index (χ2n) is 1.87. The molecule has 1 nitrogen and oxygen atoms in total. The van der Waals surface area contributed by atoms with E-state index in [1.165, 1.54) is 5.56 Å². The maximum atomic E-state index is 4.05. The van der Waals surface area contributed by atoms with Crippen molar-refractivity contribution in [2.24, 2.45) is 0 Å². The molecule has 0 bridgehead atoms. The molecule has 0 radical (unpaired) electrons. The third-order valence-corrected chi connectivity index (χ3v) is 1.33. The highest BCUT2D eigenvalue weighted by Gasteiger charge is 1.79. The Labute approximate surface area is 66.2 Å². The fourth-order valence-electron chi connectivity index (χ4n) is 0.663. The van der Waals surface area contributed by atoms with Crippen LogP contribution in [0.15, 0.2) is 30.6 Å². The first kappa shape index (κ1) is 7.35. The Morgan fingerprint density at radius 3 is 2.70 bits per heavy atom. The van der Waals surface area contributed by atoms with Gasteiger partial charge >= 0.3 is 0 Å². The van der Waals surface area contributed by atoms with Crippen molar-refractivity contribution in [2.75, 3.05) is 5.75 Å². The van der Waals surface area contributed by atoms with E-state index in [-0.39, 0.29) is 0 Å². The molecule has 1 aromatic heterocycles. The average molecular weight is 151 g/mol. The molecule has 0 fully saturated rings. The van der Waals surface area contributed by atoms with Gasteiger partial charge in [-0.1, -0.05) is 12.2 Å². The molecule has 0 atom stereocenters. The van der Waals surface area contributed by atoms with Crippen LogP contribution < -0.4 is 0 Å². The van der Waals surface area contributed by atoms with Crippen molar-refractivity contribution in [3.8, 4) is 0 Å². The lowest BCUT2D eigenvalue weighted by Gasteiger charge is -1.87. The number of aromatic nitrogens is 1. The molecule has 1 aromatic rings. The van der Waals surface area contributed by atoms with E-state index in [0.29, 0.717) is 0 Å². The van der Waals surface area contributed by atoms with Gasteiger partial charge in [0.15, 0.2) is 0 Å². The van der Waals surface area contributed by atoms with Crippen molar-refractivity contribution in [1.29, 1.82) is 0 Å². The maximum Gasteiger partial charge on any atom is 0.0273 e. The van der Waals surface area contributed by atoms with Crippen LogP contribution in [0.25, 0.3) is 6.08 Å². The molecule has 0 aliphatic carbocycles. The number of pyridine rings is 1.